The number of aryl methyl sites for hydroxylation is 1. The van der Waals surface area contributed by atoms with Gasteiger partial charge in [0.2, 0.25) is 11.8 Å². The Labute approximate surface area is 142 Å². The van der Waals surface area contributed by atoms with Gasteiger partial charge >= 0.3 is 0 Å². The molecule has 1 aromatic rings. The number of likely N-dealkylation sites (N-methyl/N-ethyl adjacent to an activating group) is 1. The van der Waals surface area contributed by atoms with Gasteiger partial charge in [-0.05, 0) is 52.2 Å². The molecule has 1 aliphatic carbocycles. The van der Waals surface area contributed by atoms with Crippen LogP contribution in [-0.2, 0) is 19.4 Å². The van der Waals surface area contributed by atoms with Crippen molar-refractivity contribution < 1.29 is 18.0 Å². The molecule has 0 aromatic heterocycles. The molecule has 0 aliphatic heterocycles. The molecule has 1 saturated carbocycles. The summed E-state index contributed by atoms with van der Waals surface area (Å²) >= 11 is 0. The molecule has 2 rings (SSSR count). The van der Waals surface area contributed by atoms with E-state index in [2.05, 4.69) is 10.6 Å². The number of hydrogen-bond acceptors (Lipinski definition) is 4. The molecule has 0 heterocycles. The average Bonchev–Trinajstić information content (AvgIpc) is 2.46. The molecule has 1 aromatic carbocycles. The van der Waals surface area contributed by atoms with E-state index in [4.69, 9.17) is 0 Å². The maximum Gasteiger partial charge on any atom is 0.242 e. The molecule has 0 spiro atoms. The number of carbonyl (C=O) groups is 2. The van der Waals surface area contributed by atoms with Crippen molar-refractivity contribution in [2.75, 3.05) is 6.54 Å². The van der Waals surface area contributed by atoms with Gasteiger partial charge in [0.05, 0.1) is 4.90 Å². The summed E-state index contributed by atoms with van der Waals surface area (Å²) in [5, 5.41) is 5.18. The molecular formula is C17H24N2O4S. The molecule has 7 heteroatoms. The first-order valence-corrected chi connectivity index (χ1v) is 9.63. The van der Waals surface area contributed by atoms with E-state index in [9.17, 15) is 18.0 Å². The molecule has 2 N–H and O–H groups in total. The third-order valence-corrected chi connectivity index (χ3v) is 7.03. The molecule has 1 aliphatic rings. The molecular weight excluding hydrogens is 328 g/mol. The van der Waals surface area contributed by atoms with Crippen molar-refractivity contribution in [1.29, 1.82) is 0 Å². The lowest BCUT2D eigenvalue weighted by Gasteiger charge is -2.39. The zero-order valence-electron chi connectivity index (χ0n) is 14.3. The molecule has 6 nitrogen and oxygen atoms in total. The number of hydrogen-bond donors (Lipinski definition) is 2. The molecule has 132 valence electrons. The lowest BCUT2D eigenvalue weighted by molar-refractivity contribution is -0.131. The quantitative estimate of drug-likeness (QED) is 0.808. The van der Waals surface area contributed by atoms with Crippen LogP contribution < -0.4 is 10.6 Å². The van der Waals surface area contributed by atoms with Crippen molar-refractivity contribution in [2.45, 2.75) is 55.7 Å². The standard InChI is InChI=1S/C17H24N2O4S/c1-4-18-15(20)13(3)19-16(21)17(10-5-11-17)24(22,23)14-8-6-12(2)7-9-14/h6-9,13H,4-5,10-11H2,1-3H3,(H,18,20)(H,19,21)/t13-/m0/s1. The van der Waals surface area contributed by atoms with Gasteiger partial charge in [-0.25, -0.2) is 8.42 Å². The Morgan fingerprint density at radius 2 is 1.79 bits per heavy atom. The summed E-state index contributed by atoms with van der Waals surface area (Å²) in [4.78, 5) is 24.6. The first kappa shape index (κ1) is 18.4. The fraction of sp³-hybridized carbons (Fsp3) is 0.529. The van der Waals surface area contributed by atoms with Crippen LogP contribution in [0.5, 0.6) is 0 Å². The average molecular weight is 352 g/mol. The second-order valence-corrected chi connectivity index (χ2v) is 8.51. The second-order valence-electron chi connectivity index (χ2n) is 6.25. The van der Waals surface area contributed by atoms with Crippen LogP contribution in [0.2, 0.25) is 0 Å². The van der Waals surface area contributed by atoms with Crippen LogP contribution in [0.1, 0.15) is 38.7 Å². The number of nitrogens with one attached hydrogen (secondary N) is 2. The number of carbonyl (C=O) groups excluding carboxylic acids is 2. The Balaban J connectivity index is 2.26. The van der Waals surface area contributed by atoms with E-state index < -0.39 is 26.5 Å². The fourth-order valence-electron chi connectivity index (χ4n) is 2.78. The van der Waals surface area contributed by atoms with Crippen molar-refractivity contribution >= 4 is 21.7 Å². The van der Waals surface area contributed by atoms with Crippen LogP contribution in [0, 0.1) is 6.92 Å². The minimum absolute atomic E-state index is 0.147. The van der Waals surface area contributed by atoms with Crippen LogP contribution >= 0.6 is 0 Å². The topological polar surface area (TPSA) is 92.3 Å². The van der Waals surface area contributed by atoms with Gasteiger partial charge < -0.3 is 10.6 Å². The van der Waals surface area contributed by atoms with Crippen molar-refractivity contribution in [3.05, 3.63) is 29.8 Å². The lowest BCUT2D eigenvalue weighted by atomic mass is 9.83. The van der Waals surface area contributed by atoms with Gasteiger partial charge in [0.25, 0.3) is 0 Å². The minimum Gasteiger partial charge on any atom is -0.355 e. The highest BCUT2D eigenvalue weighted by Gasteiger charge is 2.55. The summed E-state index contributed by atoms with van der Waals surface area (Å²) in [6.45, 7) is 5.65. The highest BCUT2D eigenvalue weighted by atomic mass is 32.2. The van der Waals surface area contributed by atoms with E-state index in [1.54, 1.807) is 26.0 Å². The van der Waals surface area contributed by atoms with Gasteiger partial charge in [0.1, 0.15) is 6.04 Å². The number of sulfone groups is 1. The normalized spacial score (nSPS) is 17.5. The summed E-state index contributed by atoms with van der Waals surface area (Å²) in [6, 6.07) is 5.72. The Bertz CT molecular complexity index is 721. The fourth-order valence-corrected chi connectivity index (χ4v) is 4.85. The van der Waals surface area contributed by atoms with E-state index in [0.717, 1.165) is 5.56 Å². The van der Waals surface area contributed by atoms with Gasteiger partial charge in [-0.15, -0.1) is 0 Å². The summed E-state index contributed by atoms with van der Waals surface area (Å²) in [6.07, 6.45) is 1.22. The zero-order valence-corrected chi connectivity index (χ0v) is 15.1. The van der Waals surface area contributed by atoms with E-state index in [-0.39, 0.29) is 23.6 Å². The maximum atomic E-state index is 13.0. The lowest BCUT2D eigenvalue weighted by Crippen LogP contribution is -2.60. The molecule has 1 atom stereocenters. The van der Waals surface area contributed by atoms with Crippen molar-refractivity contribution in [1.82, 2.24) is 10.6 Å². The number of amides is 2. The summed E-state index contributed by atoms with van der Waals surface area (Å²) in [5.74, 6) is -0.916. The van der Waals surface area contributed by atoms with E-state index in [1.165, 1.54) is 12.1 Å². The van der Waals surface area contributed by atoms with Crippen LogP contribution in [0.3, 0.4) is 0 Å². The van der Waals surface area contributed by atoms with Gasteiger partial charge in [-0.1, -0.05) is 17.7 Å². The molecule has 24 heavy (non-hydrogen) atoms. The van der Waals surface area contributed by atoms with Crippen molar-refractivity contribution in [3.8, 4) is 0 Å². The molecule has 2 amide bonds. The second kappa shape index (κ2) is 6.93. The largest absolute Gasteiger partial charge is 0.355 e. The third-order valence-electron chi connectivity index (χ3n) is 4.51. The third kappa shape index (κ3) is 3.17. The predicted octanol–water partition coefficient (Wildman–Crippen LogP) is 1.33. The Hall–Kier alpha value is -1.89. The summed E-state index contributed by atoms with van der Waals surface area (Å²) < 4.78 is 24.5. The van der Waals surface area contributed by atoms with Crippen LogP contribution in [0.15, 0.2) is 29.2 Å². The van der Waals surface area contributed by atoms with Gasteiger partial charge in [-0.3, -0.25) is 9.59 Å². The van der Waals surface area contributed by atoms with Crippen LogP contribution in [0.25, 0.3) is 0 Å². The van der Waals surface area contributed by atoms with Gasteiger partial charge in [-0.2, -0.15) is 0 Å². The van der Waals surface area contributed by atoms with Gasteiger partial charge in [0, 0.05) is 6.54 Å². The van der Waals surface area contributed by atoms with E-state index in [0.29, 0.717) is 13.0 Å². The van der Waals surface area contributed by atoms with E-state index >= 15 is 0 Å². The number of rotatable bonds is 6. The maximum absolute atomic E-state index is 13.0. The highest BCUT2D eigenvalue weighted by molar-refractivity contribution is 7.93. The zero-order chi connectivity index (χ0) is 18.0. The molecule has 0 saturated heterocycles. The molecule has 0 unspecified atom stereocenters. The van der Waals surface area contributed by atoms with E-state index in [1.807, 2.05) is 6.92 Å². The summed E-state index contributed by atoms with van der Waals surface area (Å²) in [7, 11) is -3.81. The summed E-state index contributed by atoms with van der Waals surface area (Å²) in [5.41, 5.74) is 0.950. The molecule has 0 radical (unpaired) electrons. The Morgan fingerprint density at radius 3 is 2.25 bits per heavy atom. The van der Waals surface area contributed by atoms with Crippen molar-refractivity contribution in [2.24, 2.45) is 0 Å². The smallest absolute Gasteiger partial charge is 0.242 e. The predicted molar refractivity (Wildman–Crippen MR) is 91.2 cm³/mol. The first-order chi connectivity index (χ1) is 11.2. The highest BCUT2D eigenvalue weighted by Crippen LogP contribution is 2.43. The molecule has 0 bridgehead atoms. The Morgan fingerprint density at radius 1 is 1.21 bits per heavy atom. The SMILES string of the molecule is CCNC(=O)[C@H](C)NC(=O)C1(S(=O)(=O)c2ccc(C)cc2)CCC1. The first-order valence-electron chi connectivity index (χ1n) is 8.14. The Kier molecular flexibility index (Phi) is 5.32. The van der Waals surface area contributed by atoms with Crippen molar-refractivity contribution in [3.63, 3.8) is 0 Å². The minimum atomic E-state index is -3.81. The van der Waals surface area contributed by atoms with Gasteiger partial charge in [0.15, 0.2) is 14.6 Å². The van der Waals surface area contributed by atoms with Crippen LogP contribution in [0.4, 0.5) is 0 Å². The number of benzene rings is 1. The van der Waals surface area contributed by atoms with Crippen LogP contribution in [-0.4, -0.2) is 37.6 Å². The molecule has 1 fully saturated rings. The monoisotopic (exact) mass is 352 g/mol.